The van der Waals surface area contributed by atoms with Gasteiger partial charge in [-0.1, -0.05) is 57.7 Å². The lowest BCUT2D eigenvalue weighted by atomic mass is 9.49. The minimum atomic E-state index is -1.25. The highest BCUT2D eigenvalue weighted by Gasteiger charge is 2.63. The molecule has 8 unspecified atom stereocenters. The standard InChI is InChI=1S/C35H44O9/c1-19-26(44-28(39)15-14-24-12-10-9-11-13-24)16-17-35(8)30(19)31(42-22(4)37)25-18-27(41-21(3)36)20(2)29(34(25,6)7)32(33(35)40)43-23(5)38/h9-15,25-27,30-33,40H,1,16-18H2,2-8H3. The highest BCUT2D eigenvalue weighted by Crippen LogP contribution is 2.60. The summed E-state index contributed by atoms with van der Waals surface area (Å²) < 4.78 is 23.7. The molecule has 1 aromatic rings. The maximum atomic E-state index is 13.0. The number of esters is 4. The summed E-state index contributed by atoms with van der Waals surface area (Å²) in [6.45, 7) is 15.9. The van der Waals surface area contributed by atoms with Gasteiger partial charge in [0, 0.05) is 44.1 Å². The van der Waals surface area contributed by atoms with Crippen LogP contribution in [-0.4, -0.2) is 59.5 Å². The maximum absolute atomic E-state index is 13.0. The predicted octanol–water partition coefficient (Wildman–Crippen LogP) is 5.12. The first kappa shape index (κ1) is 33.2. The van der Waals surface area contributed by atoms with Crippen LogP contribution in [0.2, 0.25) is 0 Å². The van der Waals surface area contributed by atoms with E-state index in [1.165, 1.54) is 26.8 Å². The van der Waals surface area contributed by atoms with E-state index in [2.05, 4.69) is 6.58 Å². The van der Waals surface area contributed by atoms with Gasteiger partial charge < -0.3 is 24.1 Å². The molecule has 0 saturated heterocycles. The van der Waals surface area contributed by atoms with Gasteiger partial charge in [0.05, 0.1) is 0 Å². The highest BCUT2D eigenvalue weighted by atomic mass is 16.6. The first-order valence-electron chi connectivity index (χ1n) is 15.1. The Balaban J connectivity index is 1.82. The van der Waals surface area contributed by atoms with Gasteiger partial charge in [-0.15, -0.1) is 0 Å². The summed E-state index contributed by atoms with van der Waals surface area (Å²) in [7, 11) is 0. The van der Waals surface area contributed by atoms with Crippen molar-refractivity contribution in [1.82, 2.24) is 0 Å². The molecule has 2 bridgehead atoms. The molecule has 4 rings (SSSR count). The summed E-state index contributed by atoms with van der Waals surface area (Å²) in [5, 5.41) is 12.2. The summed E-state index contributed by atoms with van der Waals surface area (Å²) >= 11 is 0. The van der Waals surface area contributed by atoms with Gasteiger partial charge in [-0.2, -0.15) is 0 Å². The van der Waals surface area contributed by atoms with Gasteiger partial charge in [0.2, 0.25) is 0 Å². The summed E-state index contributed by atoms with van der Waals surface area (Å²) in [5.41, 5.74) is 0.920. The number of aliphatic hydroxyl groups excluding tert-OH is 1. The van der Waals surface area contributed by atoms with Crippen LogP contribution in [0.5, 0.6) is 0 Å². The van der Waals surface area contributed by atoms with E-state index in [0.29, 0.717) is 36.0 Å². The van der Waals surface area contributed by atoms with Crippen molar-refractivity contribution in [3.8, 4) is 0 Å². The van der Waals surface area contributed by atoms with Crippen LogP contribution in [0.15, 0.2) is 59.7 Å². The van der Waals surface area contributed by atoms with Crippen molar-refractivity contribution in [3.05, 3.63) is 65.3 Å². The Morgan fingerprint density at radius 3 is 2.11 bits per heavy atom. The third kappa shape index (κ3) is 6.39. The third-order valence-electron chi connectivity index (χ3n) is 9.81. The minimum absolute atomic E-state index is 0.326. The fraction of sp³-hybridized carbons (Fsp3) is 0.543. The molecule has 0 amide bonds. The van der Waals surface area contributed by atoms with Crippen molar-refractivity contribution in [3.63, 3.8) is 0 Å². The highest BCUT2D eigenvalue weighted by molar-refractivity contribution is 5.87. The van der Waals surface area contributed by atoms with Gasteiger partial charge in [0.15, 0.2) is 6.10 Å². The van der Waals surface area contributed by atoms with Crippen LogP contribution in [0.1, 0.15) is 73.3 Å². The van der Waals surface area contributed by atoms with Crippen LogP contribution in [0.4, 0.5) is 0 Å². The van der Waals surface area contributed by atoms with Crippen LogP contribution >= 0.6 is 0 Å². The second kappa shape index (κ2) is 12.7. The van der Waals surface area contributed by atoms with Gasteiger partial charge >= 0.3 is 23.9 Å². The lowest BCUT2D eigenvalue weighted by Crippen LogP contribution is -2.63. The molecule has 3 aliphatic rings. The van der Waals surface area contributed by atoms with Crippen molar-refractivity contribution in [2.24, 2.45) is 22.7 Å². The Morgan fingerprint density at radius 2 is 1.52 bits per heavy atom. The van der Waals surface area contributed by atoms with Crippen molar-refractivity contribution in [2.45, 2.75) is 98.2 Å². The van der Waals surface area contributed by atoms with Gasteiger partial charge in [0.1, 0.15) is 24.4 Å². The average Bonchev–Trinajstić information content (AvgIpc) is 2.93. The van der Waals surface area contributed by atoms with Crippen molar-refractivity contribution in [1.29, 1.82) is 0 Å². The average molecular weight is 609 g/mol. The molecule has 0 aliphatic heterocycles. The summed E-state index contributed by atoms with van der Waals surface area (Å²) in [5.74, 6) is -3.25. The molecule has 8 atom stereocenters. The molecule has 0 aromatic heterocycles. The zero-order chi connectivity index (χ0) is 32.6. The lowest BCUT2D eigenvalue weighted by molar-refractivity contribution is -0.193. The number of aliphatic hydroxyl groups is 1. The summed E-state index contributed by atoms with van der Waals surface area (Å²) in [4.78, 5) is 50.3. The monoisotopic (exact) mass is 608 g/mol. The van der Waals surface area contributed by atoms with Gasteiger partial charge in [-0.05, 0) is 60.0 Å². The Labute approximate surface area is 259 Å². The fourth-order valence-electron chi connectivity index (χ4n) is 7.80. The molecule has 9 heteroatoms. The zero-order valence-electron chi connectivity index (χ0n) is 26.6. The van der Waals surface area contributed by atoms with Crippen LogP contribution in [0, 0.1) is 22.7 Å². The molecule has 0 spiro atoms. The Kier molecular flexibility index (Phi) is 9.59. The first-order valence-corrected chi connectivity index (χ1v) is 15.1. The van der Waals surface area contributed by atoms with Crippen LogP contribution in [0.3, 0.4) is 0 Å². The molecule has 1 N–H and O–H groups in total. The third-order valence-corrected chi connectivity index (χ3v) is 9.81. The molecule has 44 heavy (non-hydrogen) atoms. The largest absolute Gasteiger partial charge is 0.462 e. The Hall–Kier alpha value is -3.72. The van der Waals surface area contributed by atoms with Gasteiger partial charge in [-0.3, -0.25) is 14.4 Å². The topological polar surface area (TPSA) is 125 Å². The molecule has 2 fully saturated rings. The molecule has 9 nitrogen and oxygen atoms in total. The van der Waals surface area contributed by atoms with Crippen LogP contribution < -0.4 is 0 Å². The van der Waals surface area contributed by atoms with E-state index < -0.39 is 77.1 Å². The van der Waals surface area contributed by atoms with E-state index in [-0.39, 0.29) is 0 Å². The fourth-order valence-corrected chi connectivity index (χ4v) is 7.80. The van der Waals surface area contributed by atoms with Crippen LogP contribution in [-0.2, 0) is 38.1 Å². The molecular weight excluding hydrogens is 564 g/mol. The Bertz CT molecular complexity index is 1370. The maximum Gasteiger partial charge on any atom is 0.331 e. The molecule has 3 aliphatic carbocycles. The molecule has 1 aromatic carbocycles. The SMILES string of the molecule is C=C1C(OC(=O)C=Cc2ccccc2)CCC2(C)C(O)C(OC(C)=O)C3=C(C)C(OC(C)=O)CC(C(OC(C)=O)C12)C3(C)C. The van der Waals surface area contributed by atoms with Crippen LogP contribution in [0.25, 0.3) is 6.08 Å². The smallest absolute Gasteiger partial charge is 0.331 e. The second-order valence-electron chi connectivity index (χ2n) is 13.1. The first-order chi connectivity index (χ1) is 20.6. The van der Waals surface area contributed by atoms with E-state index in [0.717, 1.165) is 5.56 Å². The summed E-state index contributed by atoms with van der Waals surface area (Å²) in [6.07, 6.45) is -0.473. The summed E-state index contributed by atoms with van der Waals surface area (Å²) in [6, 6.07) is 9.36. The van der Waals surface area contributed by atoms with Crippen molar-refractivity contribution < 1.29 is 43.2 Å². The minimum Gasteiger partial charge on any atom is -0.462 e. The Morgan fingerprint density at radius 1 is 0.909 bits per heavy atom. The lowest BCUT2D eigenvalue weighted by Gasteiger charge is -2.59. The van der Waals surface area contributed by atoms with Crippen molar-refractivity contribution >= 4 is 30.0 Å². The quantitative estimate of drug-likeness (QED) is 0.203. The molecule has 0 heterocycles. The number of rotatable bonds is 6. The second-order valence-corrected chi connectivity index (χ2v) is 13.1. The molecule has 0 radical (unpaired) electrons. The normalized spacial score (nSPS) is 33.0. The zero-order valence-corrected chi connectivity index (χ0v) is 26.6. The number of carbonyl (C=O) groups excluding carboxylic acids is 4. The van der Waals surface area contributed by atoms with E-state index in [1.807, 2.05) is 58.0 Å². The van der Waals surface area contributed by atoms with E-state index in [9.17, 15) is 24.3 Å². The number of ether oxygens (including phenoxy) is 4. The molecule has 2 saturated carbocycles. The van der Waals surface area contributed by atoms with Gasteiger partial charge in [-0.25, -0.2) is 4.79 Å². The number of hydrogen-bond donors (Lipinski definition) is 1. The number of benzene rings is 1. The van der Waals surface area contributed by atoms with Gasteiger partial charge in [0.25, 0.3) is 0 Å². The van der Waals surface area contributed by atoms with E-state index >= 15 is 0 Å². The number of hydrogen-bond acceptors (Lipinski definition) is 9. The number of carbonyl (C=O) groups is 4. The molecule has 238 valence electrons. The molecular formula is C35H44O9. The number of fused-ring (bicyclic) bond motifs is 3. The van der Waals surface area contributed by atoms with E-state index in [4.69, 9.17) is 18.9 Å². The van der Waals surface area contributed by atoms with Crippen molar-refractivity contribution in [2.75, 3.05) is 0 Å². The van der Waals surface area contributed by atoms with E-state index in [1.54, 1.807) is 6.08 Å². The predicted molar refractivity (Wildman–Crippen MR) is 163 cm³/mol.